The molecule has 0 N–H and O–H groups in total. The Kier molecular flexibility index (Phi) is 5.14. The summed E-state index contributed by atoms with van der Waals surface area (Å²) in [5.74, 6) is 0.459. The van der Waals surface area contributed by atoms with Crippen LogP contribution in [0, 0.1) is 5.41 Å². The van der Waals surface area contributed by atoms with Crippen molar-refractivity contribution in [3.8, 4) is 5.75 Å². The zero-order valence-corrected chi connectivity index (χ0v) is 16.8. The van der Waals surface area contributed by atoms with Crippen LogP contribution in [0.1, 0.15) is 35.2 Å². The predicted octanol–water partition coefficient (Wildman–Crippen LogP) is 4.17. The van der Waals surface area contributed by atoms with Gasteiger partial charge in [0.2, 0.25) is 0 Å². The van der Waals surface area contributed by atoms with Gasteiger partial charge in [-0.05, 0) is 67.0 Å². The lowest BCUT2D eigenvalue weighted by atomic mass is 9.79. The molecule has 1 spiro atoms. The van der Waals surface area contributed by atoms with E-state index in [1.54, 1.807) is 31.4 Å². The van der Waals surface area contributed by atoms with E-state index in [1.165, 1.54) is 7.11 Å². The number of amides is 1. The number of fused-ring (bicyclic) bond motifs is 1. The largest absolute Gasteiger partial charge is 0.497 e. The summed E-state index contributed by atoms with van der Waals surface area (Å²) in [7, 11) is 3.03. The van der Waals surface area contributed by atoms with Gasteiger partial charge in [0.15, 0.2) is 0 Å². The number of esters is 1. The Hall–Kier alpha value is -3.08. The third-order valence-electron chi connectivity index (χ3n) is 6.06. The molecule has 0 fully saturated rings. The molecule has 1 aliphatic carbocycles. The molecular weight excluding hydrogens is 366 g/mol. The summed E-state index contributed by atoms with van der Waals surface area (Å²) in [5, 5.41) is 0. The van der Waals surface area contributed by atoms with Crippen molar-refractivity contribution in [2.75, 3.05) is 25.7 Å². The topological polar surface area (TPSA) is 55.8 Å². The molecule has 0 saturated carbocycles. The summed E-state index contributed by atoms with van der Waals surface area (Å²) in [5.41, 5.74) is 3.35. The van der Waals surface area contributed by atoms with Crippen molar-refractivity contribution < 1.29 is 19.1 Å². The minimum atomic E-state index is -0.245. The van der Waals surface area contributed by atoms with Gasteiger partial charge in [-0.3, -0.25) is 4.79 Å². The molecule has 1 aliphatic heterocycles. The molecule has 29 heavy (non-hydrogen) atoms. The molecule has 2 aromatic rings. The monoisotopic (exact) mass is 391 g/mol. The van der Waals surface area contributed by atoms with Crippen molar-refractivity contribution >= 4 is 17.6 Å². The first-order chi connectivity index (χ1) is 14.0. The van der Waals surface area contributed by atoms with E-state index in [1.807, 2.05) is 23.1 Å². The Morgan fingerprint density at radius 2 is 1.76 bits per heavy atom. The number of methoxy groups -OCH3 is 2. The summed E-state index contributed by atoms with van der Waals surface area (Å²) in [6, 6.07) is 15.3. The van der Waals surface area contributed by atoms with Crippen LogP contribution >= 0.6 is 0 Å². The summed E-state index contributed by atoms with van der Waals surface area (Å²) in [4.78, 5) is 27.2. The van der Waals surface area contributed by atoms with Gasteiger partial charge in [0.05, 0.1) is 14.2 Å². The number of ether oxygens (including phenoxy) is 2. The van der Waals surface area contributed by atoms with Gasteiger partial charge >= 0.3 is 5.97 Å². The minimum Gasteiger partial charge on any atom is -0.497 e. The number of allylic oxidation sites excluding steroid dienone is 1. The Morgan fingerprint density at radius 1 is 1.00 bits per heavy atom. The number of anilines is 1. The molecule has 1 heterocycles. The highest BCUT2D eigenvalue weighted by molar-refractivity contribution is 6.06. The van der Waals surface area contributed by atoms with Crippen LogP contribution in [-0.2, 0) is 16.0 Å². The average Bonchev–Trinajstić information content (AvgIpc) is 3.10. The Balaban J connectivity index is 1.67. The lowest BCUT2D eigenvalue weighted by Gasteiger charge is -2.26. The zero-order valence-electron chi connectivity index (χ0n) is 16.8. The van der Waals surface area contributed by atoms with E-state index in [-0.39, 0.29) is 17.3 Å². The SMILES string of the molecule is COC(=O)C1=CC2(CC1)CCN(C(=O)c1ccc(OC)cc1)c1ccccc1C2. The molecule has 4 rings (SSSR count). The Labute approximate surface area is 170 Å². The minimum absolute atomic E-state index is 0.0210. The quantitative estimate of drug-likeness (QED) is 0.737. The van der Waals surface area contributed by atoms with E-state index in [9.17, 15) is 9.59 Å². The molecule has 2 aromatic carbocycles. The van der Waals surface area contributed by atoms with Gasteiger partial charge in [-0.15, -0.1) is 0 Å². The van der Waals surface area contributed by atoms with Crippen LogP contribution in [0.4, 0.5) is 5.69 Å². The molecule has 2 aliphatic rings. The van der Waals surface area contributed by atoms with Gasteiger partial charge in [-0.2, -0.15) is 0 Å². The van der Waals surface area contributed by atoms with Crippen molar-refractivity contribution in [1.29, 1.82) is 0 Å². The zero-order chi connectivity index (χ0) is 20.4. The molecule has 150 valence electrons. The fraction of sp³-hybridized carbons (Fsp3) is 0.333. The second-order valence-corrected chi connectivity index (χ2v) is 7.76. The van der Waals surface area contributed by atoms with Gasteiger partial charge in [-0.1, -0.05) is 24.3 Å². The first-order valence-electron chi connectivity index (χ1n) is 9.89. The highest BCUT2D eigenvalue weighted by atomic mass is 16.5. The molecule has 0 saturated heterocycles. The van der Waals surface area contributed by atoms with Crippen LogP contribution in [0.25, 0.3) is 0 Å². The number of hydrogen-bond acceptors (Lipinski definition) is 4. The smallest absolute Gasteiger partial charge is 0.333 e. The van der Waals surface area contributed by atoms with Gasteiger partial charge < -0.3 is 14.4 Å². The highest BCUT2D eigenvalue weighted by Gasteiger charge is 2.39. The third-order valence-corrected chi connectivity index (χ3v) is 6.06. The first-order valence-corrected chi connectivity index (χ1v) is 9.89. The normalized spacial score (nSPS) is 20.6. The number of para-hydroxylation sites is 1. The fourth-order valence-corrected chi connectivity index (χ4v) is 4.47. The number of hydrogen-bond donors (Lipinski definition) is 0. The molecule has 1 unspecified atom stereocenters. The van der Waals surface area contributed by atoms with E-state index in [0.29, 0.717) is 12.1 Å². The van der Waals surface area contributed by atoms with E-state index >= 15 is 0 Å². The highest BCUT2D eigenvalue weighted by Crippen LogP contribution is 2.46. The van der Waals surface area contributed by atoms with E-state index < -0.39 is 0 Å². The molecule has 0 aromatic heterocycles. The van der Waals surface area contributed by atoms with Crippen LogP contribution in [0.5, 0.6) is 5.75 Å². The van der Waals surface area contributed by atoms with Gasteiger partial charge in [0.25, 0.3) is 5.91 Å². The Morgan fingerprint density at radius 3 is 2.48 bits per heavy atom. The second kappa shape index (κ2) is 7.74. The third kappa shape index (κ3) is 3.65. The summed E-state index contributed by atoms with van der Waals surface area (Å²) in [6.45, 7) is 0.604. The number of rotatable bonds is 3. The molecular formula is C24H25NO4. The van der Waals surface area contributed by atoms with Crippen molar-refractivity contribution in [2.24, 2.45) is 5.41 Å². The first kappa shape index (κ1) is 19.2. The summed E-state index contributed by atoms with van der Waals surface area (Å²) in [6.07, 6.45) is 5.34. The van der Waals surface area contributed by atoms with Crippen LogP contribution in [0.3, 0.4) is 0 Å². The van der Waals surface area contributed by atoms with Gasteiger partial charge in [-0.25, -0.2) is 4.79 Å². The molecule has 0 bridgehead atoms. The molecule has 1 atom stereocenters. The van der Waals surface area contributed by atoms with Crippen LogP contribution in [-0.4, -0.2) is 32.6 Å². The van der Waals surface area contributed by atoms with Crippen molar-refractivity contribution in [1.82, 2.24) is 0 Å². The number of carbonyl (C=O) groups excluding carboxylic acids is 2. The number of carbonyl (C=O) groups is 2. The van der Waals surface area contributed by atoms with Crippen molar-refractivity contribution in [3.05, 3.63) is 71.3 Å². The number of benzene rings is 2. The van der Waals surface area contributed by atoms with E-state index in [0.717, 1.165) is 48.3 Å². The standard InChI is InChI=1S/C24H25NO4/c1-28-20-9-7-17(8-10-20)22(26)25-14-13-24(12-11-19(16-24)23(27)29-2)15-18-5-3-4-6-21(18)25/h3-10,16H,11-15H2,1-2H3. The molecule has 5 heteroatoms. The molecule has 0 radical (unpaired) electrons. The van der Waals surface area contributed by atoms with Crippen LogP contribution in [0.2, 0.25) is 0 Å². The Bertz CT molecular complexity index is 963. The van der Waals surface area contributed by atoms with Crippen molar-refractivity contribution in [3.63, 3.8) is 0 Å². The van der Waals surface area contributed by atoms with Crippen LogP contribution < -0.4 is 9.64 Å². The van der Waals surface area contributed by atoms with E-state index in [4.69, 9.17) is 9.47 Å². The fourth-order valence-electron chi connectivity index (χ4n) is 4.47. The lowest BCUT2D eigenvalue weighted by Crippen LogP contribution is -2.33. The van der Waals surface area contributed by atoms with Crippen LogP contribution in [0.15, 0.2) is 60.2 Å². The predicted molar refractivity (Wildman–Crippen MR) is 111 cm³/mol. The second-order valence-electron chi connectivity index (χ2n) is 7.76. The maximum absolute atomic E-state index is 13.3. The maximum atomic E-state index is 13.3. The number of nitrogens with zero attached hydrogens (tertiary/aromatic N) is 1. The van der Waals surface area contributed by atoms with Gasteiger partial charge in [0.1, 0.15) is 5.75 Å². The lowest BCUT2D eigenvalue weighted by molar-refractivity contribution is -0.136. The summed E-state index contributed by atoms with van der Waals surface area (Å²) >= 11 is 0. The molecule has 1 amide bonds. The van der Waals surface area contributed by atoms with Crippen molar-refractivity contribution in [2.45, 2.75) is 25.7 Å². The summed E-state index contributed by atoms with van der Waals surface area (Å²) < 4.78 is 10.1. The maximum Gasteiger partial charge on any atom is 0.333 e. The van der Waals surface area contributed by atoms with E-state index in [2.05, 4.69) is 12.1 Å². The molecule has 5 nitrogen and oxygen atoms in total. The average molecular weight is 391 g/mol. The van der Waals surface area contributed by atoms with Gasteiger partial charge in [0, 0.05) is 23.4 Å².